The maximum absolute atomic E-state index is 6.19. The van der Waals surface area contributed by atoms with Crippen LogP contribution in [0.15, 0.2) is 30.3 Å². The maximum Gasteiger partial charge on any atom is 0.0480 e. The van der Waals surface area contributed by atoms with Crippen molar-refractivity contribution in [3.63, 3.8) is 0 Å². The van der Waals surface area contributed by atoms with Crippen LogP contribution in [-0.2, 0) is 0 Å². The van der Waals surface area contributed by atoms with E-state index in [1.807, 2.05) is 18.2 Å². The first kappa shape index (κ1) is 13.6. The summed E-state index contributed by atoms with van der Waals surface area (Å²) in [5, 5.41) is 4.21. The number of rotatable bonds is 4. The van der Waals surface area contributed by atoms with Gasteiger partial charge in [0.1, 0.15) is 0 Å². The van der Waals surface area contributed by atoms with E-state index in [-0.39, 0.29) is 0 Å². The van der Waals surface area contributed by atoms with Gasteiger partial charge in [0.15, 0.2) is 0 Å². The van der Waals surface area contributed by atoms with Crippen molar-refractivity contribution in [2.75, 3.05) is 32.7 Å². The Hall–Kier alpha value is -0.830. The summed E-state index contributed by atoms with van der Waals surface area (Å²) in [6, 6.07) is 8.04. The zero-order valence-electron chi connectivity index (χ0n) is 11.0. The quantitative estimate of drug-likeness (QED) is 0.899. The first-order valence-corrected chi connectivity index (χ1v) is 7.00. The van der Waals surface area contributed by atoms with E-state index in [0.717, 1.165) is 36.6 Å². The second-order valence-corrected chi connectivity index (χ2v) is 5.15. The molecule has 1 aliphatic heterocycles. The van der Waals surface area contributed by atoms with Crippen LogP contribution in [0, 0.1) is 0 Å². The molecule has 1 N–H and O–H groups in total. The Balaban J connectivity index is 1.87. The molecule has 2 rings (SSSR count). The number of hydrogen-bond acceptors (Lipinski definition) is 2. The van der Waals surface area contributed by atoms with E-state index in [9.17, 15) is 0 Å². The lowest BCUT2D eigenvalue weighted by molar-refractivity contribution is 0.245. The Kier molecular flexibility index (Phi) is 5.24. The van der Waals surface area contributed by atoms with Crippen LogP contribution in [0.1, 0.15) is 18.9 Å². The monoisotopic (exact) mass is 264 g/mol. The van der Waals surface area contributed by atoms with Crippen LogP contribution in [0.25, 0.3) is 5.57 Å². The smallest absolute Gasteiger partial charge is 0.0480 e. The van der Waals surface area contributed by atoms with Crippen molar-refractivity contribution < 1.29 is 0 Å². The van der Waals surface area contributed by atoms with Gasteiger partial charge in [-0.05, 0) is 30.5 Å². The van der Waals surface area contributed by atoms with Gasteiger partial charge in [-0.1, -0.05) is 35.9 Å². The summed E-state index contributed by atoms with van der Waals surface area (Å²) in [6.45, 7) is 7.85. The van der Waals surface area contributed by atoms with Crippen molar-refractivity contribution in [3.8, 4) is 0 Å². The topological polar surface area (TPSA) is 15.3 Å². The third-order valence-corrected chi connectivity index (χ3v) is 3.73. The summed E-state index contributed by atoms with van der Waals surface area (Å²) in [5.74, 6) is 0. The molecule has 1 aliphatic rings. The highest BCUT2D eigenvalue weighted by molar-refractivity contribution is 6.32. The molecule has 1 saturated heterocycles. The highest BCUT2D eigenvalue weighted by Crippen LogP contribution is 2.23. The molecule has 0 aromatic heterocycles. The van der Waals surface area contributed by atoms with Crippen molar-refractivity contribution in [1.82, 2.24) is 10.2 Å². The van der Waals surface area contributed by atoms with Crippen molar-refractivity contribution in [3.05, 3.63) is 40.9 Å². The molecule has 1 aromatic carbocycles. The van der Waals surface area contributed by atoms with Gasteiger partial charge >= 0.3 is 0 Å². The molecular formula is C15H21ClN2. The highest BCUT2D eigenvalue weighted by atomic mass is 35.5. The minimum Gasteiger partial charge on any atom is -0.314 e. The summed E-state index contributed by atoms with van der Waals surface area (Å²) in [4.78, 5) is 2.51. The second-order valence-electron chi connectivity index (χ2n) is 4.75. The molecule has 18 heavy (non-hydrogen) atoms. The van der Waals surface area contributed by atoms with Gasteiger partial charge in [0, 0.05) is 37.7 Å². The summed E-state index contributed by atoms with van der Waals surface area (Å²) in [6.07, 6.45) is 3.39. The Morgan fingerprint density at radius 1 is 1.33 bits per heavy atom. The number of benzene rings is 1. The fourth-order valence-electron chi connectivity index (χ4n) is 2.29. The van der Waals surface area contributed by atoms with Crippen LogP contribution < -0.4 is 5.32 Å². The number of hydrogen-bond donors (Lipinski definition) is 1. The Bertz CT molecular complexity index is 409. The van der Waals surface area contributed by atoms with E-state index in [0.29, 0.717) is 0 Å². The third-order valence-electron chi connectivity index (χ3n) is 3.40. The number of allylic oxidation sites excluding steroid dienone is 1. The molecule has 0 unspecified atom stereocenters. The molecule has 3 heteroatoms. The van der Waals surface area contributed by atoms with Crippen LogP contribution in [-0.4, -0.2) is 37.6 Å². The molecule has 1 heterocycles. The average Bonchev–Trinajstić information content (AvgIpc) is 2.40. The van der Waals surface area contributed by atoms with Gasteiger partial charge in [-0.15, -0.1) is 0 Å². The number of piperazine rings is 1. The summed E-state index contributed by atoms with van der Waals surface area (Å²) >= 11 is 6.19. The van der Waals surface area contributed by atoms with E-state index in [1.165, 1.54) is 18.7 Å². The maximum atomic E-state index is 6.19. The van der Waals surface area contributed by atoms with Crippen LogP contribution in [0.2, 0.25) is 5.02 Å². The Labute approximate surface area is 115 Å². The van der Waals surface area contributed by atoms with E-state index in [2.05, 4.69) is 29.3 Å². The summed E-state index contributed by atoms with van der Waals surface area (Å²) in [7, 11) is 0. The average molecular weight is 265 g/mol. The Morgan fingerprint density at radius 3 is 2.78 bits per heavy atom. The van der Waals surface area contributed by atoms with Gasteiger partial charge < -0.3 is 10.2 Å². The molecule has 0 atom stereocenters. The number of nitrogens with zero attached hydrogens (tertiary/aromatic N) is 1. The Morgan fingerprint density at radius 2 is 2.06 bits per heavy atom. The van der Waals surface area contributed by atoms with E-state index in [4.69, 9.17) is 11.6 Å². The first-order valence-electron chi connectivity index (χ1n) is 6.62. The normalized spacial score (nSPS) is 18.0. The van der Waals surface area contributed by atoms with Crippen LogP contribution >= 0.6 is 11.6 Å². The SMILES string of the molecule is C/C(=C\CCN1CCNCC1)c1ccccc1Cl. The molecule has 1 fully saturated rings. The van der Waals surface area contributed by atoms with E-state index >= 15 is 0 Å². The zero-order chi connectivity index (χ0) is 12.8. The fraction of sp³-hybridized carbons (Fsp3) is 0.467. The molecule has 0 saturated carbocycles. The lowest BCUT2D eigenvalue weighted by Crippen LogP contribution is -2.43. The highest BCUT2D eigenvalue weighted by Gasteiger charge is 2.08. The van der Waals surface area contributed by atoms with Crippen LogP contribution in [0.5, 0.6) is 0 Å². The first-order chi connectivity index (χ1) is 8.77. The molecule has 0 radical (unpaired) electrons. The van der Waals surface area contributed by atoms with Gasteiger partial charge in [0.05, 0.1) is 0 Å². The van der Waals surface area contributed by atoms with Gasteiger partial charge in [-0.2, -0.15) is 0 Å². The van der Waals surface area contributed by atoms with Crippen LogP contribution in [0.3, 0.4) is 0 Å². The molecule has 0 amide bonds. The minimum atomic E-state index is 0.841. The van der Waals surface area contributed by atoms with Crippen molar-refractivity contribution >= 4 is 17.2 Å². The molecule has 2 nitrogen and oxygen atoms in total. The van der Waals surface area contributed by atoms with Gasteiger partial charge in [0.2, 0.25) is 0 Å². The lowest BCUT2D eigenvalue weighted by atomic mass is 10.1. The van der Waals surface area contributed by atoms with Gasteiger partial charge in [-0.3, -0.25) is 0 Å². The summed E-state index contributed by atoms with van der Waals surface area (Å²) in [5.41, 5.74) is 2.43. The second kappa shape index (κ2) is 6.93. The minimum absolute atomic E-state index is 0.841. The number of nitrogens with one attached hydrogen (secondary N) is 1. The molecule has 0 spiro atoms. The predicted octanol–water partition coefficient (Wildman–Crippen LogP) is 3.04. The van der Waals surface area contributed by atoms with Crippen molar-refractivity contribution in [2.45, 2.75) is 13.3 Å². The van der Waals surface area contributed by atoms with Crippen LogP contribution in [0.4, 0.5) is 0 Å². The van der Waals surface area contributed by atoms with Crippen molar-refractivity contribution in [1.29, 1.82) is 0 Å². The predicted molar refractivity (Wildman–Crippen MR) is 79.0 cm³/mol. The largest absolute Gasteiger partial charge is 0.314 e. The van der Waals surface area contributed by atoms with Gasteiger partial charge in [0.25, 0.3) is 0 Å². The standard InChI is InChI=1S/C15H21ClN2/c1-13(14-6-2-3-7-15(14)16)5-4-10-18-11-8-17-9-12-18/h2-3,5-7,17H,4,8-12H2,1H3/b13-5+. The zero-order valence-corrected chi connectivity index (χ0v) is 11.7. The third kappa shape index (κ3) is 3.84. The number of halogens is 1. The van der Waals surface area contributed by atoms with Gasteiger partial charge in [-0.25, -0.2) is 0 Å². The van der Waals surface area contributed by atoms with E-state index in [1.54, 1.807) is 0 Å². The van der Waals surface area contributed by atoms with Crippen molar-refractivity contribution in [2.24, 2.45) is 0 Å². The molecular weight excluding hydrogens is 244 g/mol. The van der Waals surface area contributed by atoms with E-state index < -0.39 is 0 Å². The fourth-order valence-corrected chi connectivity index (χ4v) is 2.57. The molecule has 0 aliphatic carbocycles. The molecule has 1 aromatic rings. The molecule has 98 valence electrons. The molecule has 0 bridgehead atoms. The summed E-state index contributed by atoms with van der Waals surface area (Å²) < 4.78 is 0. The lowest BCUT2D eigenvalue weighted by Gasteiger charge is -2.26.